The summed E-state index contributed by atoms with van der Waals surface area (Å²) in [7, 11) is 0. The Hall–Kier alpha value is -4.19. The zero-order valence-electron chi connectivity index (χ0n) is 50.9. The standard InChI is InChI=1S/C72H120O6/c1-4-7-10-13-16-18-20-22-24-26-28-30-32-34-35-36-37-39-40-42-44-46-48-50-52-54-56-59-62-65-71(74)77-68-69(67-76-70(73)64-61-58-15-12-9-6-3)78-72(75)66-63-60-57-55-53-51-49-47-45-43-41-38-33-31-29-27-25-23-21-19-17-14-11-8-5-2/h7-8,10-11,16-19,22-25,28-31,34-35,37,39,69H,4-6,9,12-15,20-21,26-27,32-33,36,38,40-68H2,1-3H3/b10-7-,11-8-,18-16-,19-17-,24-22-,25-23-,30-28-,31-29-,35-34-,39-37-. The molecule has 0 aliphatic heterocycles. The number of hydrogen-bond donors (Lipinski definition) is 0. The minimum atomic E-state index is -0.780. The van der Waals surface area contributed by atoms with Crippen LogP contribution in [0.3, 0.4) is 0 Å². The topological polar surface area (TPSA) is 78.9 Å². The second kappa shape index (κ2) is 65.3. The fourth-order valence-electron chi connectivity index (χ4n) is 8.91. The van der Waals surface area contributed by atoms with Gasteiger partial charge in [-0.2, -0.15) is 0 Å². The average Bonchev–Trinajstić information content (AvgIpc) is 3.44. The van der Waals surface area contributed by atoms with E-state index in [1.165, 1.54) is 135 Å². The number of allylic oxidation sites excluding steroid dienone is 20. The maximum atomic E-state index is 12.9. The lowest BCUT2D eigenvalue weighted by molar-refractivity contribution is -0.167. The number of esters is 3. The highest BCUT2D eigenvalue weighted by Crippen LogP contribution is 2.16. The van der Waals surface area contributed by atoms with Gasteiger partial charge >= 0.3 is 17.9 Å². The van der Waals surface area contributed by atoms with Crippen molar-refractivity contribution in [2.75, 3.05) is 13.2 Å². The molecule has 0 spiro atoms. The van der Waals surface area contributed by atoms with Gasteiger partial charge in [-0.25, -0.2) is 0 Å². The molecule has 0 radical (unpaired) electrons. The van der Waals surface area contributed by atoms with Crippen LogP contribution >= 0.6 is 0 Å². The molecule has 0 saturated heterocycles. The largest absolute Gasteiger partial charge is 0.462 e. The van der Waals surface area contributed by atoms with E-state index in [1.54, 1.807) is 0 Å². The first-order valence-corrected chi connectivity index (χ1v) is 32.5. The number of ether oxygens (including phenoxy) is 3. The van der Waals surface area contributed by atoms with Gasteiger partial charge in [0.25, 0.3) is 0 Å². The molecule has 78 heavy (non-hydrogen) atoms. The van der Waals surface area contributed by atoms with Crippen LogP contribution in [0.2, 0.25) is 0 Å². The summed E-state index contributed by atoms with van der Waals surface area (Å²) in [6.07, 6.45) is 91.0. The van der Waals surface area contributed by atoms with Crippen molar-refractivity contribution >= 4 is 17.9 Å². The summed E-state index contributed by atoms with van der Waals surface area (Å²) in [6, 6.07) is 0. The minimum Gasteiger partial charge on any atom is -0.462 e. The highest BCUT2D eigenvalue weighted by atomic mass is 16.6. The number of carbonyl (C=O) groups is 3. The minimum absolute atomic E-state index is 0.0802. The summed E-state index contributed by atoms with van der Waals surface area (Å²) in [5, 5.41) is 0. The van der Waals surface area contributed by atoms with E-state index < -0.39 is 6.10 Å². The van der Waals surface area contributed by atoms with Gasteiger partial charge in [-0.3, -0.25) is 14.4 Å². The third kappa shape index (κ3) is 62.7. The Morgan fingerprint density at radius 2 is 0.500 bits per heavy atom. The Labute approximate surface area is 482 Å². The van der Waals surface area contributed by atoms with Crippen molar-refractivity contribution in [1.29, 1.82) is 0 Å². The highest BCUT2D eigenvalue weighted by molar-refractivity contribution is 5.71. The molecule has 0 bridgehead atoms. The van der Waals surface area contributed by atoms with E-state index in [2.05, 4.69) is 142 Å². The van der Waals surface area contributed by atoms with E-state index in [-0.39, 0.29) is 31.1 Å². The molecule has 0 amide bonds. The predicted octanol–water partition coefficient (Wildman–Crippen LogP) is 22.4. The summed E-state index contributed by atoms with van der Waals surface area (Å²) >= 11 is 0. The second-order valence-corrected chi connectivity index (χ2v) is 21.3. The Morgan fingerprint density at radius 3 is 0.782 bits per heavy atom. The van der Waals surface area contributed by atoms with Gasteiger partial charge in [0.2, 0.25) is 0 Å². The van der Waals surface area contributed by atoms with Gasteiger partial charge in [-0.1, -0.05) is 290 Å². The van der Waals surface area contributed by atoms with E-state index >= 15 is 0 Å². The first-order chi connectivity index (χ1) is 38.5. The Morgan fingerprint density at radius 1 is 0.269 bits per heavy atom. The van der Waals surface area contributed by atoms with Crippen LogP contribution in [0.4, 0.5) is 0 Å². The SMILES string of the molecule is CC/C=C\C/C=C\C/C=C\C/C=C\C/C=C\C/C=C\CCCCCCCCCCCCC(=O)OCC(COC(=O)CCCCCCCC)OC(=O)CCCCCCCCCCCCCC/C=C\C/C=C\C/C=C\C/C=C\CC. The Kier molecular flexibility index (Phi) is 61.8. The molecule has 0 saturated carbocycles. The predicted molar refractivity (Wildman–Crippen MR) is 339 cm³/mol. The maximum Gasteiger partial charge on any atom is 0.306 e. The molecule has 1 atom stereocenters. The highest BCUT2D eigenvalue weighted by Gasteiger charge is 2.19. The van der Waals surface area contributed by atoms with Crippen LogP contribution in [0.15, 0.2) is 122 Å². The molecule has 0 heterocycles. The third-order valence-corrected chi connectivity index (χ3v) is 13.7. The van der Waals surface area contributed by atoms with Crippen molar-refractivity contribution in [2.45, 2.75) is 303 Å². The van der Waals surface area contributed by atoms with Crippen molar-refractivity contribution in [3.05, 3.63) is 122 Å². The number of unbranched alkanes of at least 4 members (excludes halogenated alkanes) is 27. The second-order valence-electron chi connectivity index (χ2n) is 21.3. The maximum absolute atomic E-state index is 12.9. The van der Waals surface area contributed by atoms with Crippen molar-refractivity contribution < 1.29 is 28.6 Å². The molecule has 0 aromatic heterocycles. The first-order valence-electron chi connectivity index (χ1n) is 32.5. The molecule has 0 aliphatic rings. The van der Waals surface area contributed by atoms with Crippen LogP contribution < -0.4 is 0 Å². The summed E-state index contributed by atoms with van der Waals surface area (Å²) in [6.45, 7) is 6.36. The summed E-state index contributed by atoms with van der Waals surface area (Å²) in [4.78, 5) is 38.1. The molecule has 0 fully saturated rings. The van der Waals surface area contributed by atoms with Gasteiger partial charge in [-0.15, -0.1) is 0 Å². The van der Waals surface area contributed by atoms with Gasteiger partial charge in [0, 0.05) is 19.3 Å². The van der Waals surface area contributed by atoms with Crippen molar-refractivity contribution in [3.8, 4) is 0 Å². The van der Waals surface area contributed by atoms with Crippen LogP contribution in [-0.4, -0.2) is 37.2 Å². The van der Waals surface area contributed by atoms with E-state index in [9.17, 15) is 14.4 Å². The van der Waals surface area contributed by atoms with Gasteiger partial charge < -0.3 is 14.2 Å². The van der Waals surface area contributed by atoms with Crippen LogP contribution in [0.5, 0.6) is 0 Å². The van der Waals surface area contributed by atoms with E-state index in [0.717, 1.165) is 122 Å². The Balaban J connectivity index is 4.10. The van der Waals surface area contributed by atoms with Crippen LogP contribution in [0, 0.1) is 0 Å². The van der Waals surface area contributed by atoms with Gasteiger partial charge in [0.1, 0.15) is 13.2 Å². The average molecular weight is 1080 g/mol. The molecule has 0 aromatic carbocycles. The fraction of sp³-hybridized carbons (Fsp3) is 0.681. The normalized spacial score (nSPS) is 12.9. The molecule has 0 aromatic rings. The zero-order valence-corrected chi connectivity index (χ0v) is 50.9. The van der Waals surface area contributed by atoms with Gasteiger partial charge in [0.15, 0.2) is 6.10 Å². The van der Waals surface area contributed by atoms with E-state index in [4.69, 9.17) is 14.2 Å². The molecule has 6 nitrogen and oxygen atoms in total. The number of hydrogen-bond acceptors (Lipinski definition) is 6. The monoisotopic (exact) mass is 1080 g/mol. The fourth-order valence-corrected chi connectivity index (χ4v) is 8.91. The van der Waals surface area contributed by atoms with Crippen LogP contribution in [-0.2, 0) is 28.6 Å². The van der Waals surface area contributed by atoms with Gasteiger partial charge in [-0.05, 0) is 109 Å². The van der Waals surface area contributed by atoms with Crippen LogP contribution in [0.25, 0.3) is 0 Å². The molecule has 6 heteroatoms. The lowest BCUT2D eigenvalue weighted by atomic mass is 10.0. The third-order valence-electron chi connectivity index (χ3n) is 13.7. The quantitative estimate of drug-likeness (QED) is 0.0261. The molecule has 0 aliphatic carbocycles. The van der Waals surface area contributed by atoms with E-state index in [0.29, 0.717) is 19.3 Å². The summed E-state index contributed by atoms with van der Waals surface area (Å²) < 4.78 is 16.8. The van der Waals surface area contributed by atoms with Crippen molar-refractivity contribution in [3.63, 3.8) is 0 Å². The molecule has 1 unspecified atom stereocenters. The number of rotatable bonds is 58. The first kappa shape index (κ1) is 73.8. The molecule has 444 valence electrons. The van der Waals surface area contributed by atoms with Crippen molar-refractivity contribution in [1.82, 2.24) is 0 Å². The van der Waals surface area contributed by atoms with Crippen LogP contribution in [0.1, 0.15) is 297 Å². The molecule has 0 N–H and O–H groups in total. The lowest BCUT2D eigenvalue weighted by Gasteiger charge is -2.18. The van der Waals surface area contributed by atoms with Gasteiger partial charge in [0.05, 0.1) is 0 Å². The zero-order chi connectivity index (χ0) is 56.4. The van der Waals surface area contributed by atoms with E-state index in [1.807, 2.05) is 0 Å². The molecular weight excluding hydrogens is 961 g/mol. The molecular formula is C72H120O6. The smallest absolute Gasteiger partial charge is 0.306 e. The van der Waals surface area contributed by atoms with Crippen molar-refractivity contribution in [2.24, 2.45) is 0 Å². The molecule has 0 rings (SSSR count). The number of carbonyl (C=O) groups excluding carboxylic acids is 3. The summed E-state index contributed by atoms with van der Waals surface area (Å²) in [5.41, 5.74) is 0. The lowest BCUT2D eigenvalue weighted by Crippen LogP contribution is -2.30. The summed E-state index contributed by atoms with van der Waals surface area (Å²) in [5.74, 6) is -0.891. The Bertz CT molecular complexity index is 1620.